The third kappa shape index (κ3) is 2.08. The van der Waals surface area contributed by atoms with E-state index in [2.05, 4.69) is 15.0 Å². The molecule has 0 unspecified atom stereocenters. The second-order valence-corrected chi connectivity index (χ2v) is 5.96. The molecule has 0 aliphatic carbocycles. The van der Waals surface area contributed by atoms with Gasteiger partial charge in [-0.1, -0.05) is 24.3 Å². The molecule has 5 rings (SSSR count). The molecule has 3 heterocycles. The fourth-order valence-corrected chi connectivity index (χ4v) is 3.30. The lowest BCUT2D eigenvalue weighted by molar-refractivity contribution is 0.572. The molecule has 2 aromatic heterocycles. The average molecular weight is 347 g/mol. The van der Waals surface area contributed by atoms with Crippen LogP contribution in [-0.2, 0) is 6.54 Å². The van der Waals surface area contributed by atoms with E-state index in [4.69, 9.17) is 4.42 Å². The van der Waals surface area contributed by atoms with Gasteiger partial charge in [-0.2, -0.15) is 0 Å². The maximum absolute atomic E-state index is 14.5. The number of rotatable bonds is 1. The van der Waals surface area contributed by atoms with Gasteiger partial charge in [0, 0.05) is 17.1 Å². The number of aliphatic imine (C=N–C) groups is 1. The largest absolute Gasteiger partial charge is 0.454 e. The Morgan fingerprint density at radius 2 is 1.73 bits per heavy atom. The number of nitrogens with zero attached hydrogens (tertiary/aromatic N) is 3. The Morgan fingerprint density at radius 1 is 0.923 bits per heavy atom. The topological polar surface area (TPSA) is 51.3 Å². The molecule has 4 aromatic rings. The number of fused-ring (bicyclic) bond motifs is 5. The van der Waals surface area contributed by atoms with Crippen LogP contribution in [0.15, 0.2) is 64.4 Å². The van der Waals surface area contributed by atoms with Gasteiger partial charge in [0.2, 0.25) is 0 Å². The first-order chi connectivity index (χ1) is 12.7. The Kier molecular flexibility index (Phi) is 3.18. The van der Waals surface area contributed by atoms with E-state index in [0.29, 0.717) is 22.6 Å². The predicted octanol–water partition coefficient (Wildman–Crippen LogP) is 4.52. The monoisotopic (exact) mass is 347 g/mol. The van der Waals surface area contributed by atoms with Crippen LogP contribution in [0.1, 0.15) is 16.9 Å². The predicted molar refractivity (Wildman–Crippen MR) is 92.9 cm³/mol. The van der Waals surface area contributed by atoms with Crippen LogP contribution in [-0.4, -0.2) is 15.7 Å². The molecule has 0 saturated heterocycles. The van der Waals surface area contributed by atoms with E-state index < -0.39 is 11.6 Å². The SMILES string of the molecule is Fc1cccc(F)c1C1=NCc2cncnc2-c2c1oc1ccccc21. The highest BCUT2D eigenvalue weighted by atomic mass is 19.1. The van der Waals surface area contributed by atoms with Gasteiger partial charge in [0.15, 0.2) is 5.76 Å². The molecule has 0 radical (unpaired) electrons. The van der Waals surface area contributed by atoms with E-state index in [1.807, 2.05) is 18.2 Å². The van der Waals surface area contributed by atoms with Gasteiger partial charge in [0.1, 0.15) is 29.3 Å². The van der Waals surface area contributed by atoms with Gasteiger partial charge in [0.05, 0.1) is 23.4 Å². The molecule has 0 spiro atoms. The van der Waals surface area contributed by atoms with E-state index in [1.54, 1.807) is 12.3 Å². The fourth-order valence-electron chi connectivity index (χ4n) is 3.30. The van der Waals surface area contributed by atoms with Crippen molar-refractivity contribution in [1.29, 1.82) is 0 Å². The third-order valence-electron chi connectivity index (χ3n) is 4.44. The lowest BCUT2D eigenvalue weighted by atomic mass is 9.99. The quantitative estimate of drug-likeness (QED) is 0.509. The summed E-state index contributed by atoms with van der Waals surface area (Å²) < 4.78 is 34.9. The van der Waals surface area contributed by atoms with Crippen molar-refractivity contribution in [3.8, 4) is 11.3 Å². The Labute approximate surface area is 146 Å². The molecule has 0 N–H and O–H groups in total. The number of furan rings is 1. The van der Waals surface area contributed by atoms with Crippen molar-refractivity contribution in [2.75, 3.05) is 0 Å². The van der Waals surface area contributed by atoms with Crippen LogP contribution in [0.3, 0.4) is 0 Å². The smallest absolute Gasteiger partial charge is 0.163 e. The molecule has 26 heavy (non-hydrogen) atoms. The molecule has 0 fully saturated rings. The number of para-hydroxylation sites is 1. The van der Waals surface area contributed by atoms with Gasteiger partial charge in [-0.3, -0.25) is 4.99 Å². The number of halogens is 2. The Balaban J connectivity index is 1.90. The lowest BCUT2D eigenvalue weighted by Gasteiger charge is -2.07. The standard InChI is InChI=1S/C20H11F2N3O/c21-13-5-3-6-14(22)17(13)19-20-16(12-4-1-2-7-15(12)26-20)18-11(9-24-19)8-23-10-25-18/h1-8,10H,9H2. The highest BCUT2D eigenvalue weighted by Crippen LogP contribution is 2.39. The fraction of sp³-hybridized carbons (Fsp3) is 0.0500. The summed E-state index contributed by atoms with van der Waals surface area (Å²) in [6.07, 6.45) is 3.11. The second kappa shape index (κ2) is 5.56. The summed E-state index contributed by atoms with van der Waals surface area (Å²) in [5.41, 5.74) is 2.66. The van der Waals surface area contributed by atoms with Crippen LogP contribution < -0.4 is 0 Å². The number of hydrogen-bond acceptors (Lipinski definition) is 4. The minimum absolute atomic E-state index is 0.143. The Bertz CT molecular complexity index is 1180. The molecule has 2 aromatic carbocycles. The van der Waals surface area contributed by atoms with E-state index in [-0.39, 0.29) is 17.8 Å². The van der Waals surface area contributed by atoms with Crippen LogP contribution in [0.2, 0.25) is 0 Å². The molecular formula is C20H11F2N3O. The van der Waals surface area contributed by atoms with Crippen LogP contribution in [0.4, 0.5) is 8.78 Å². The third-order valence-corrected chi connectivity index (χ3v) is 4.44. The second-order valence-electron chi connectivity index (χ2n) is 5.96. The Hall–Kier alpha value is -3.41. The molecular weight excluding hydrogens is 336 g/mol. The maximum Gasteiger partial charge on any atom is 0.163 e. The van der Waals surface area contributed by atoms with Crippen LogP contribution in [0.5, 0.6) is 0 Å². The van der Waals surface area contributed by atoms with Crippen LogP contribution in [0.25, 0.3) is 22.2 Å². The summed E-state index contributed by atoms with van der Waals surface area (Å²) in [5.74, 6) is -1.06. The zero-order valence-electron chi connectivity index (χ0n) is 13.4. The minimum atomic E-state index is -0.688. The van der Waals surface area contributed by atoms with Gasteiger partial charge < -0.3 is 4.42 Å². The molecule has 4 nitrogen and oxygen atoms in total. The van der Waals surface area contributed by atoms with Crippen molar-refractivity contribution in [3.05, 3.63) is 83.5 Å². The molecule has 126 valence electrons. The van der Waals surface area contributed by atoms with Crippen LogP contribution in [0, 0.1) is 11.6 Å². The molecule has 0 atom stereocenters. The molecule has 0 saturated carbocycles. The highest BCUT2D eigenvalue weighted by Gasteiger charge is 2.29. The molecule has 6 heteroatoms. The Morgan fingerprint density at radius 3 is 2.58 bits per heavy atom. The van der Waals surface area contributed by atoms with E-state index in [1.165, 1.54) is 24.5 Å². The highest BCUT2D eigenvalue weighted by molar-refractivity contribution is 6.19. The van der Waals surface area contributed by atoms with Crippen molar-refractivity contribution in [3.63, 3.8) is 0 Å². The van der Waals surface area contributed by atoms with Crippen LogP contribution >= 0.6 is 0 Å². The van der Waals surface area contributed by atoms with Crippen molar-refractivity contribution in [1.82, 2.24) is 9.97 Å². The van der Waals surface area contributed by atoms with Crippen molar-refractivity contribution in [2.24, 2.45) is 4.99 Å². The van der Waals surface area contributed by atoms with E-state index >= 15 is 0 Å². The zero-order chi connectivity index (χ0) is 17.7. The van der Waals surface area contributed by atoms with Gasteiger partial charge in [-0.15, -0.1) is 0 Å². The lowest BCUT2D eigenvalue weighted by Crippen LogP contribution is -2.08. The summed E-state index contributed by atoms with van der Waals surface area (Å²) in [4.78, 5) is 12.9. The minimum Gasteiger partial charge on any atom is -0.454 e. The van der Waals surface area contributed by atoms with Crippen molar-refractivity contribution in [2.45, 2.75) is 6.54 Å². The summed E-state index contributed by atoms with van der Waals surface area (Å²) in [6.45, 7) is 0.206. The summed E-state index contributed by atoms with van der Waals surface area (Å²) in [6, 6.07) is 11.2. The maximum atomic E-state index is 14.5. The summed E-state index contributed by atoms with van der Waals surface area (Å²) in [5, 5.41) is 0.814. The first-order valence-corrected chi connectivity index (χ1v) is 8.04. The molecule has 1 aliphatic rings. The number of benzene rings is 2. The molecule has 1 aliphatic heterocycles. The number of hydrogen-bond donors (Lipinski definition) is 0. The van der Waals surface area contributed by atoms with Gasteiger partial charge >= 0.3 is 0 Å². The summed E-state index contributed by atoms with van der Waals surface area (Å²) >= 11 is 0. The molecule has 0 amide bonds. The zero-order valence-corrected chi connectivity index (χ0v) is 13.4. The van der Waals surface area contributed by atoms with Gasteiger partial charge in [-0.05, 0) is 18.2 Å². The first kappa shape index (κ1) is 14.9. The average Bonchev–Trinajstić information content (AvgIpc) is 2.96. The van der Waals surface area contributed by atoms with Gasteiger partial charge in [0.25, 0.3) is 0 Å². The van der Waals surface area contributed by atoms with E-state index in [9.17, 15) is 8.78 Å². The molecule has 0 bridgehead atoms. The van der Waals surface area contributed by atoms with Crippen molar-refractivity contribution >= 4 is 16.7 Å². The van der Waals surface area contributed by atoms with E-state index in [0.717, 1.165) is 10.9 Å². The summed E-state index contributed by atoms with van der Waals surface area (Å²) in [7, 11) is 0. The van der Waals surface area contributed by atoms with Crippen molar-refractivity contribution < 1.29 is 13.2 Å². The first-order valence-electron chi connectivity index (χ1n) is 8.04. The normalized spacial score (nSPS) is 13.1. The van der Waals surface area contributed by atoms with Gasteiger partial charge in [-0.25, -0.2) is 18.7 Å². The number of aromatic nitrogens is 2.